The van der Waals surface area contributed by atoms with Gasteiger partial charge in [0.1, 0.15) is 5.82 Å². The molecule has 1 aliphatic rings. The number of pyridine rings is 1. The summed E-state index contributed by atoms with van der Waals surface area (Å²) in [5, 5.41) is 3.16. The van der Waals surface area contributed by atoms with Crippen molar-refractivity contribution in [2.24, 2.45) is 5.92 Å². The van der Waals surface area contributed by atoms with Crippen molar-refractivity contribution >= 4 is 5.82 Å². The van der Waals surface area contributed by atoms with E-state index in [0.717, 1.165) is 36.6 Å². The molecule has 0 spiro atoms. The van der Waals surface area contributed by atoms with Crippen LogP contribution < -0.4 is 10.2 Å². The Kier molecular flexibility index (Phi) is 4.59. The quantitative estimate of drug-likeness (QED) is 0.803. The first-order chi connectivity index (χ1) is 8.70. The summed E-state index contributed by atoms with van der Waals surface area (Å²) in [7, 11) is 1.96. The molecule has 0 atom stereocenters. The average molecular weight is 247 g/mol. The van der Waals surface area contributed by atoms with E-state index in [4.69, 9.17) is 4.98 Å². The molecular formula is C15H25N3. The highest BCUT2D eigenvalue weighted by atomic mass is 15.2. The van der Waals surface area contributed by atoms with Crippen LogP contribution in [0.4, 0.5) is 5.82 Å². The molecule has 1 aliphatic carbocycles. The lowest BCUT2D eigenvalue weighted by atomic mass is 10.1. The second kappa shape index (κ2) is 6.19. The number of anilines is 1. The summed E-state index contributed by atoms with van der Waals surface area (Å²) in [6.45, 7) is 6.56. The fourth-order valence-corrected chi connectivity index (χ4v) is 2.17. The van der Waals surface area contributed by atoms with E-state index in [1.165, 1.54) is 19.3 Å². The molecule has 0 amide bonds. The van der Waals surface area contributed by atoms with Crippen molar-refractivity contribution in [2.75, 3.05) is 18.5 Å². The molecule has 18 heavy (non-hydrogen) atoms. The molecule has 0 aliphatic heterocycles. The third kappa shape index (κ3) is 3.70. The highest BCUT2D eigenvalue weighted by Gasteiger charge is 2.29. The van der Waals surface area contributed by atoms with E-state index < -0.39 is 0 Å². The Bertz CT molecular complexity index is 372. The smallest absolute Gasteiger partial charge is 0.129 e. The summed E-state index contributed by atoms with van der Waals surface area (Å²) in [5.41, 5.74) is 1.13. The highest BCUT2D eigenvalue weighted by Crippen LogP contribution is 2.31. The molecule has 1 saturated carbocycles. The van der Waals surface area contributed by atoms with E-state index in [9.17, 15) is 0 Å². The molecular weight excluding hydrogens is 222 g/mol. The van der Waals surface area contributed by atoms with Crippen LogP contribution >= 0.6 is 0 Å². The molecule has 0 saturated heterocycles. The number of nitrogens with zero attached hydrogens (tertiary/aromatic N) is 2. The van der Waals surface area contributed by atoms with Gasteiger partial charge >= 0.3 is 0 Å². The predicted molar refractivity (Wildman–Crippen MR) is 76.8 cm³/mol. The van der Waals surface area contributed by atoms with Crippen LogP contribution in [0.25, 0.3) is 0 Å². The zero-order valence-corrected chi connectivity index (χ0v) is 11.8. The second-order valence-corrected chi connectivity index (χ2v) is 5.62. The van der Waals surface area contributed by atoms with Gasteiger partial charge < -0.3 is 10.2 Å². The first-order valence-corrected chi connectivity index (χ1v) is 7.08. The van der Waals surface area contributed by atoms with E-state index in [1.807, 2.05) is 7.05 Å². The van der Waals surface area contributed by atoms with Crippen LogP contribution in [0.15, 0.2) is 18.2 Å². The average Bonchev–Trinajstić information content (AvgIpc) is 3.14. The minimum atomic E-state index is 0.737. The number of hydrogen-bond acceptors (Lipinski definition) is 3. The third-order valence-corrected chi connectivity index (χ3v) is 3.38. The Balaban J connectivity index is 2.06. The van der Waals surface area contributed by atoms with Gasteiger partial charge in [-0.1, -0.05) is 19.9 Å². The molecule has 0 radical (unpaired) electrons. The minimum absolute atomic E-state index is 0.737. The molecule has 2 rings (SSSR count). The van der Waals surface area contributed by atoms with Crippen molar-refractivity contribution < 1.29 is 0 Å². The summed E-state index contributed by atoms with van der Waals surface area (Å²) in [6, 6.07) is 7.10. The molecule has 3 nitrogen and oxygen atoms in total. The van der Waals surface area contributed by atoms with Crippen molar-refractivity contribution in [1.29, 1.82) is 0 Å². The van der Waals surface area contributed by atoms with Gasteiger partial charge in [0.15, 0.2) is 0 Å². The molecule has 1 fully saturated rings. The Morgan fingerprint density at radius 3 is 2.78 bits per heavy atom. The summed E-state index contributed by atoms with van der Waals surface area (Å²) >= 11 is 0. The van der Waals surface area contributed by atoms with Gasteiger partial charge in [0.2, 0.25) is 0 Å². The first kappa shape index (κ1) is 13.3. The van der Waals surface area contributed by atoms with E-state index >= 15 is 0 Å². The number of rotatable bonds is 7. The number of aromatic nitrogens is 1. The van der Waals surface area contributed by atoms with Crippen molar-refractivity contribution in [3.05, 3.63) is 23.9 Å². The monoisotopic (exact) mass is 247 g/mol. The van der Waals surface area contributed by atoms with Gasteiger partial charge in [-0.2, -0.15) is 0 Å². The molecule has 0 aromatic carbocycles. The maximum Gasteiger partial charge on any atom is 0.129 e. The van der Waals surface area contributed by atoms with Gasteiger partial charge in [0, 0.05) is 19.1 Å². The van der Waals surface area contributed by atoms with Crippen LogP contribution in [-0.2, 0) is 6.54 Å². The van der Waals surface area contributed by atoms with Gasteiger partial charge in [-0.15, -0.1) is 0 Å². The van der Waals surface area contributed by atoms with Crippen LogP contribution in [0.5, 0.6) is 0 Å². The fourth-order valence-electron chi connectivity index (χ4n) is 2.17. The van der Waals surface area contributed by atoms with Crippen LogP contribution in [0, 0.1) is 5.92 Å². The molecule has 3 heteroatoms. The van der Waals surface area contributed by atoms with Crippen molar-refractivity contribution in [3.63, 3.8) is 0 Å². The zero-order chi connectivity index (χ0) is 13.0. The highest BCUT2D eigenvalue weighted by molar-refractivity contribution is 5.42. The summed E-state index contributed by atoms with van der Waals surface area (Å²) in [6.07, 6.45) is 3.90. The number of hydrogen-bond donors (Lipinski definition) is 1. The number of nitrogens with one attached hydrogen (secondary N) is 1. The second-order valence-electron chi connectivity index (χ2n) is 5.62. The van der Waals surface area contributed by atoms with Crippen molar-refractivity contribution in [2.45, 2.75) is 45.7 Å². The molecule has 1 aromatic heterocycles. The zero-order valence-electron chi connectivity index (χ0n) is 11.8. The Morgan fingerprint density at radius 2 is 2.17 bits per heavy atom. The standard InChI is InChI=1S/C15H25N3/c1-12(2)9-10-18(14-7-8-14)15-6-4-5-13(17-15)11-16-3/h4-6,12,14,16H,7-11H2,1-3H3. The summed E-state index contributed by atoms with van der Waals surface area (Å²) in [5.74, 6) is 1.91. The molecule has 1 N–H and O–H groups in total. The summed E-state index contributed by atoms with van der Waals surface area (Å²) in [4.78, 5) is 7.26. The largest absolute Gasteiger partial charge is 0.354 e. The Labute approximate surface area is 111 Å². The minimum Gasteiger partial charge on any atom is -0.354 e. The topological polar surface area (TPSA) is 28.2 Å². The SMILES string of the molecule is CNCc1cccc(N(CCC(C)C)C2CC2)n1. The van der Waals surface area contributed by atoms with Gasteiger partial charge in [0.05, 0.1) is 5.69 Å². The summed E-state index contributed by atoms with van der Waals surface area (Å²) < 4.78 is 0. The molecule has 1 heterocycles. The van der Waals surface area contributed by atoms with Crippen LogP contribution in [0.1, 0.15) is 38.8 Å². The maximum atomic E-state index is 4.77. The third-order valence-electron chi connectivity index (χ3n) is 3.38. The fraction of sp³-hybridized carbons (Fsp3) is 0.667. The Hall–Kier alpha value is -1.09. The molecule has 1 aromatic rings. The Morgan fingerprint density at radius 1 is 1.39 bits per heavy atom. The normalized spacial score (nSPS) is 15.1. The van der Waals surface area contributed by atoms with Crippen LogP contribution in [-0.4, -0.2) is 24.6 Å². The van der Waals surface area contributed by atoms with Gasteiger partial charge in [-0.05, 0) is 44.4 Å². The van der Waals surface area contributed by atoms with E-state index in [1.54, 1.807) is 0 Å². The maximum absolute atomic E-state index is 4.77. The predicted octanol–water partition coefficient (Wildman–Crippen LogP) is 2.82. The van der Waals surface area contributed by atoms with E-state index in [0.29, 0.717) is 0 Å². The van der Waals surface area contributed by atoms with Gasteiger partial charge in [-0.3, -0.25) is 0 Å². The molecule has 0 bridgehead atoms. The molecule has 0 unspecified atom stereocenters. The van der Waals surface area contributed by atoms with Crippen LogP contribution in [0.2, 0.25) is 0 Å². The van der Waals surface area contributed by atoms with Gasteiger partial charge in [0.25, 0.3) is 0 Å². The van der Waals surface area contributed by atoms with Gasteiger partial charge in [-0.25, -0.2) is 4.98 Å². The molecule has 100 valence electrons. The van der Waals surface area contributed by atoms with Crippen molar-refractivity contribution in [1.82, 2.24) is 10.3 Å². The lowest BCUT2D eigenvalue weighted by Crippen LogP contribution is -2.29. The lowest BCUT2D eigenvalue weighted by molar-refractivity contribution is 0.568. The van der Waals surface area contributed by atoms with E-state index in [-0.39, 0.29) is 0 Å². The first-order valence-electron chi connectivity index (χ1n) is 7.08. The van der Waals surface area contributed by atoms with Crippen LogP contribution in [0.3, 0.4) is 0 Å². The van der Waals surface area contributed by atoms with Crippen molar-refractivity contribution in [3.8, 4) is 0 Å². The van der Waals surface area contributed by atoms with E-state index in [2.05, 4.69) is 42.3 Å². The lowest BCUT2D eigenvalue weighted by Gasteiger charge is -2.25.